The second-order valence-corrected chi connectivity index (χ2v) is 0.707. The Balaban J connectivity index is 0. The number of allylic oxidation sites excluding steroid dienone is 2. The maximum absolute atomic E-state index is 2.12. The molecule has 0 radical (unpaired) electrons. The Kier molecular flexibility index (Phi) is 1.78. The summed E-state index contributed by atoms with van der Waals surface area (Å²) in [7, 11) is 0. The molecule has 0 saturated carbocycles. The van der Waals surface area contributed by atoms with Gasteiger partial charge in [0.15, 0.2) is 0 Å². The van der Waals surface area contributed by atoms with E-state index in [0.717, 1.165) is 0 Å². The van der Waals surface area contributed by atoms with E-state index in [0.29, 0.717) is 0 Å². The molecule has 18 valence electrons. The first kappa shape index (κ1) is 4.34. The number of hydrogen-bond donors (Lipinski definition) is 0. The number of rotatable bonds is 0. The van der Waals surface area contributed by atoms with Crippen LogP contribution in [0.5, 0.6) is 0 Å². The molecule has 0 atom stereocenters. The van der Waals surface area contributed by atoms with Gasteiger partial charge >= 0.3 is 18.9 Å². The normalized spacial score (nSPS) is 14.0. The van der Waals surface area contributed by atoms with Crippen molar-refractivity contribution in [1.82, 2.24) is 0 Å². The Labute approximate surface area is 39.6 Å². The van der Waals surface area contributed by atoms with E-state index in [1.54, 1.807) is 0 Å². The smallest absolute Gasteiger partial charge is 1.00 e. The zero-order chi connectivity index (χ0) is 2.12. The van der Waals surface area contributed by atoms with Crippen LogP contribution in [0.15, 0.2) is 12.2 Å². The summed E-state index contributed by atoms with van der Waals surface area (Å²) >= 11 is 0. The fourth-order valence-corrected chi connectivity index (χ4v) is 0. The van der Waals surface area contributed by atoms with Gasteiger partial charge in [0.2, 0.25) is 0 Å². The summed E-state index contributed by atoms with van der Waals surface area (Å²) in [6.45, 7) is 0. The summed E-state index contributed by atoms with van der Waals surface area (Å²) in [5.74, 6) is 0. The number of hydrogen-bond acceptors (Lipinski definition) is 0. The van der Waals surface area contributed by atoms with Gasteiger partial charge in [0.25, 0.3) is 0 Å². The van der Waals surface area contributed by atoms with Crippen molar-refractivity contribution >= 4 is 0 Å². The monoisotopic (exact) mass is 48.1 g/mol. The van der Waals surface area contributed by atoms with Crippen LogP contribution in [0.4, 0.5) is 0 Å². The summed E-state index contributed by atoms with van der Waals surface area (Å²) in [6, 6.07) is 0. The van der Waals surface area contributed by atoms with Crippen molar-refractivity contribution in [1.29, 1.82) is 0 Å². The molecule has 1 aliphatic carbocycles. The summed E-state index contributed by atoms with van der Waals surface area (Å²) in [4.78, 5) is 0. The quantitative estimate of drug-likeness (QED) is 0.221. The zero-order valence-electron chi connectivity index (χ0n) is 3.86. The molecule has 1 aliphatic rings. The molecular weight excluding hydrogens is 43.0 g/mol. The Morgan fingerprint density at radius 3 is 1.75 bits per heavy atom. The van der Waals surface area contributed by atoms with Crippen molar-refractivity contribution in [2.24, 2.45) is 0 Å². The molecule has 0 aliphatic heterocycles. The molecule has 4 heavy (non-hydrogen) atoms. The Bertz CT molecular complexity index is 29.9. The Morgan fingerprint density at radius 1 is 1.50 bits per heavy atom. The predicted molar refractivity (Wildman–Crippen MR) is 14.9 cm³/mol. The van der Waals surface area contributed by atoms with Crippen molar-refractivity contribution in [3.8, 4) is 0 Å². The molecule has 0 spiro atoms. The fraction of sp³-hybridized carbons (Fsp3) is 0.333. The SMILES string of the molecule is C1=CC1.[H-].[Li+]. The van der Waals surface area contributed by atoms with Gasteiger partial charge in [-0.05, 0) is 6.42 Å². The second kappa shape index (κ2) is 1.64. The standard InChI is InChI=1S/C3H4.Li.H/c1-2-3-1;;/h1-2H,3H2;;/q;+1;-1. The van der Waals surface area contributed by atoms with E-state index in [4.69, 9.17) is 0 Å². The van der Waals surface area contributed by atoms with Crippen LogP contribution >= 0.6 is 0 Å². The van der Waals surface area contributed by atoms with E-state index in [1.807, 2.05) is 0 Å². The van der Waals surface area contributed by atoms with Crippen molar-refractivity contribution in [3.05, 3.63) is 12.2 Å². The van der Waals surface area contributed by atoms with Gasteiger partial charge in [-0.2, -0.15) is 0 Å². The van der Waals surface area contributed by atoms with Crippen molar-refractivity contribution < 1.29 is 20.3 Å². The van der Waals surface area contributed by atoms with E-state index in [2.05, 4.69) is 12.2 Å². The van der Waals surface area contributed by atoms with Gasteiger partial charge in [-0.1, -0.05) is 12.2 Å². The van der Waals surface area contributed by atoms with Gasteiger partial charge in [0.1, 0.15) is 0 Å². The van der Waals surface area contributed by atoms with Crippen LogP contribution in [0.1, 0.15) is 7.85 Å². The maximum atomic E-state index is 2.12. The third-order valence-electron chi connectivity index (χ3n) is 0.236. The van der Waals surface area contributed by atoms with Crippen LogP contribution in [0.2, 0.25) is 0 Å². The van der Waals surface area contributed by atoms with Crippen LogP contribution in [-0.2, 0) is 0 Å². The van der Waals surface area contributed by atoms with Gasteiger partial charge < -0.3 is 1.43 Å². The third-order valence-corrected chi connectivity index (χ3v) is 0.236. The minimum atomic E-state index is 0. The Morgan fingerprint density at radius 2 is 1.75 bits per heavy atom. The molecule has 0 amide bonds. The molecule has 0 heterocycles. The van der Waals surface area contributed by atoms with E-state index < -0.39 is 0 Å². The largest absolute Gasteiger partial charge is 1.00 e. The molecule has 1 rings (SSSR count). The minimum absolute atomic E-state index is 0. The van der Waals surface area contributed by atoms with Gasteiger partial charge in [0, 0.05) is 0 Å². The van der Waals surface area contributed by atoms with Gasteiger partial charge in [-0.25, -0.2) is 0 Å². The molecule has 0 aromatic rings. The van der Waals surface area contributed by atoms with Crippen LogP contribution < -0.4 is 18.9 Å². The maximum Gasteiger partial charge on any atom is 1.00 e. The molecule has 0 aromatic heterocycles. The summed E-state index contributed by atoms with van der Waals surface area (Å²) in [5.41, 5.74) is 0. The van der Waals surface area contributed by atoms with Crippen LogP contribution in [0.3, 0.4) is 0 Å². The molecular formula is C3H5Li. The topological polar surface area (TPSA) is 0 Å². The first-order valence-electron chi connectivity index (χ1n) is 1.15. The molecule has 0 N–H and O–H groups in total. The molecule has 0 fully saturated rings. The third kappa shape index (κ3) is 2.34. The molecule has 0 saturated heterocycles. The molecule has 0 bridgehead atoms. The van der Waals surface area contributed by atoms with Crippen molar-refractivity contribution in [2.75, 3.05) is 0 Å². The summed E-state index contributed by atoms with van der Waals surface area (Å²) in [6.07, 6.45) is 5.50. The van der Waals surface area contributed by atoms with E-state index >= 15 is 0 Å². The van der Waals surface area contributed by atoms with Crippen LogP contribution in [0.25, 0.3) is 0 Å². The van der Waals surface area contributed by atoms with Gasteiger partial charge in [0.05, 0.1) is 0 Å². The van der Waals surface area contributed by atoms with E-state index in [-0.39, 0.29) is 20.3 Å². The van der Waals surface area contributed by atoms with Crippen molar-refractivity contribution in [2.45, 2.75) is 6.42 Å². The van der Waals surface area contributed by atoms with Gasteiger partial charge in [-0.15, -0.1) is 0 Å². The average molecular weight is 48.0 g/mol. The van der Waals surface area contributed by atoms with E-state index in [9.17, 15) is 0 Å². The summed E-state index contributed by atoms with van der Waals surface area (Å²) < 4.78 is 0. The summed E-state index contributed by atoms with van der Waals surface area (Å²) in [5, 5.41) is 0. The van der Waals surface area contributed by atoms with Crippen LogP contribution in [0, 0.1) is 0 Å². The van der Waals surface area contributed by atoms with Gasteiger partial charge in [-0.3, -0.25) is 0 Å². The minimum Gasteiger partial charge on any atom is -1.00 e. The average Bonchev–Trinajstić information content (AvgIpc) is 1.46. The zero-order valence-corrected chi connectivity index (χ0v) is 2.86. The fourth-order valence-electron chi connectivity index (χ4n) is 0. The second-order valence-electron chi connectivity index (χ2n) is 0.707. The molecule has 0 unspecified atom stereocenters. The Hall–Kier alpha value is 0.337. The molecule has 0 nitrogen and oxygen atoms in total. The first-order valence-corrected chi connectivity index (χ1v) is 1.15. The molecule has 0 aromatic carbocycles. The van der Waals surface area contributed by atoms with Crippen LogP contribution in [-0.4, -0.2) is 0 Å². The first-order chi connectivity index (χ1) is 1.50. The predicted octanol–water partition coefficient (Wildman–Crippen LogP) is -1.94. The van der Waals surface area contributed by atoms with E-state index in [1.165, 1.54) is 6.42 Å². The molecule has 1 heteroatoms. The van der Waals surface area contributed by atoms with Crippen molar-refractivity contribution in [3.63, 3.8) is 0 Å².